The fourth-order valence-electron chi connectivity index (χ4n) is 2.39. The minimum Gasteiger partial charge on any atom is -0.462 e. The van der Waals surface area contributed by atoms with Crippen molar-refractivity contribution in [1.29, 1.82) is 0 Å². The van der Waals surface area contributed by atoms with Gasteiger partial charge in [-0.25, -0.2) is 4.79 Å². The van der Waals surface area contributed by atoms with Crippen LogP contribution in [-0.2, 0) is 4.74 Å². The number of esters is 1. The summed E-state index contributed by atoms with van der Waals surface area (Å²) in [6.07, 6.45) is 1.86. The van der Waals surface area contributed by atoms with Crippen LogP contribution in [0.5, 0.6) is 0 Å². The number of aryl methyl sites for hydroxylation is 1. The summed E-state index contributed by atoms with van der Waals surface area (Å²) in [6.45, 7) is 4.42. The molecule has 0 radical (unpaired) electrons. The lowest BCUT2D eigenvalue weighted by molar-refractivity contribution is 0.0500. The highest BCUT2D eigenvalue weighted by atomic mass is 79.9. The fraction of sp³-hybridized carbons (Fsp3) is 0.278. The first-order valence-corrected chi connectivity index (χ1v) is 8.89. The molecule has 25 heavy (non-hydrogen) atoms. The molecule has 2 aromatic carbocycles. The number of nitrogen functional groups attached to an aromatic ring is 1. The Balaban J connectivity index is 1.86. The predicted molar refractivity (Wildman–Crippen MR) is 101 cm³/mol. The van der Waals surface area contributed by atoms with Crippen molar-refractivity contribution in [1.82, 2.24) is 15.0 Å². The van der Waals surface area contributed by atoms with Crippen molar-refractivity contribution in [3.8, 4) is 5.69 Å². The maximum absolute atomic E-state index is 11.9. The molecule has 2 N–H and O–H groups in total. The minimum absolute atomic E-state index is 0.315. The molecule has 6 nitrogen and oxygen atoms in total. The highest BCUT2D eigenvalue weighted by Gasteiger charge is 2.13. The SMILES string of the molecule is CCCCOC(=O)c1ccc(-n2nc3cc(C)c(N)c(Br)c3n2)cc1. The smallest absolute Gasteiger partial charge is 0.338 e. The van der Waals surface area contributed by atoms with Crippen LogP contribution < -0.4 is 5.73 Å². The van der Waals surface area contributed by atoms with Gasteiger partial charge in [0.15, 0.2) is 0 Å². The van der Waals surface area contributed by atoms with Crippen LogP contribution in [0, 0.1) is 6.92 Å². The van der Waals surface area contributed by atoms with Crippen molar-refractivity contribution in [2.24, 2.45) is 0 Å². The Bertz CT molecular complexity index is 919. The number of fused-ring (bicyclic) bond motifs is 1. The first kappa shape index (κ1) is 17.4. The van der Waals surface area contributed by atoms with Gasteiger partial charge in [0, 0.05) is 0 Å². The summed E-state index contributed by atoms with van der Waals surface area (Å²) in [7, 11) is 0. The quantitative estimate of drug-likeness (QED) is 0.395. The summed E-state index contributed by atoms with van der Waals surface area (Å²) in [5.74, 6) is -0.315. The Kier molecular flexibility index (Phi) is 5.03. The lowest BCUT2D eigenvalue weighted by atomic mass is 10.2. The van der Waals surface area contributed by atoms with Gasteiger partial charge < -0.3 is 10.5 Å². The predicted octanol–water partition coefficient (Wildman–Crippen LogP) is 4.03. The van der Waals surface area contributed by atoms with Gasteiger partial charge in [-0.15, -0.1) is 10.2 Å². The van der Waals surface area contributed by atoms with Gasteiger partial charge in [-0.2, -0.15) is 4.80 Å². The molecule has 0 aliphatic rings. The zero-order valence-electron chi connectivity index (χ0n) is 14.1. The fourth-order valence-corrected chi connectivity index (χ4v) is 2.99. The summed E-state index contributed by atoms with van der Waals surface area (Å²) in [5, 5.41) is 8.97. The van der Waals surface area contributed by atoms with E-state index in [1.807, 2.05) is 13.0 Å². The molecule has 7 heteroatoms. The number of aromatic nitrogens is 3. The zero-order valence-corrected chi connectivity index (χ0v) is 15.7. The van der Waals surface area contributed by atoms with Gasteiger partial charge in [-0.05, 0) is 65.2 Å². The maximum Gasteiger partial charge on any atom is 0.338 e. The van der Waals surface area contributed by atoms with Crippen LogP contribution in [-0.4, -0.2) is 27.6 Å². The Morgan fingerprint density at radius 3 is 2.68 bits per heavy atom. The van der Waals surface area contributed by atoms with E-state index in [0.717, 1.165) is 34.1 Å². The van der Waals surface area contributed by atoms with Crippen LogP contribution in [0.2, 0.25) is 0 Å². The largest absolute Gasteiger partial charge is 0.462 e. The highest BCUT2D eigenvalue weighted by Crippen LogP contribution is 2.30. The molecular formula is C18H19BrN4O2. The van der Waals surface area contributed by atoms with Crippen LogP contribution in [0.15, 0.2) is 34.8 Å². The molecule has 1 heterocycles. The third-order valence-electron chi connectivity index (χ3n) is 3.93. The van der Waals surface area contributed by atoms with Crippen LogP contribution >= 0.6 is 15.9 Å². The van der Waals surface area contributed by atoms with E-state index in [4.69, 9.17) is 10.5 Å². The second kappa shape index (κ2) is 7.23. The summed E-state index contributed by atoms with van der Waals surface area (Å²) in [6, 6.07) is 8.91. The molecule has 0 atom stereocenters. The third kappa shape index (κ3) is 3.51. The number of rotatable bonds is 5. The number of hydrogen-bond acceptors (Lipinski definition) is 5. The molecule has 0 unspecified atom stereocenters. The molecule has 0 fully saturated rings. The van der Waals surface area contributed by atoms with E-state index in [0.29, 0.717) is 23.4 Å². The summed E-state index contributed by atoms with van der Waals surface area (Å²) in [5.41, 5.74) is 10.3. The van der Waals surface area contributed by atoms with Crippen LogP contribution in [0.3, 0.4) is 0 Å². The summed E-state index contributed by atoms with van der Waals surface area (Å²) in [4.78, 5) is 13.5. The summed E-state index contributed by atoms with van der Waals surface area (Å²) < 4.78 is 5.95. The van der Waals surface area contributed by atoms with Gasteiger partial charge in [-0.3, -0.25) is 0 Å². The highest BCUT2D eigenvalue weighted by molar-refractivity contribution is 9.10. The van der Waals surface area contributed by atoms with E-state index in [-0.39, 0.29) is 5.97 Å². The van der Waals surface area contributed by atoms with E-state index < -0.39 is 0 Å². The topological polar surface area (TPSA) is 83.0 Å². The van der Waals surface area contributed by atoms with Crippen molar-refractivity contribution in [2.75, 3.05) is 12.3 Å². The Morgan fingerprint density at radius 1 is 1.28 bits per heavy atom. The average Bonchev–Trinajstić information content (AvgIpc) is 3.04. The second-order valence-electron chi connectivity index (χ2n) is 5.81. The Morgan fingerprint density at radius 2 is 2.00 bits per heavy atom. The van der Waals surface area contributed by atoms with Crippen molar-refractivity contribution >= 4 is 38.6 Å². The van der Waals surface area contributed by atoms with Gasteiger partial charge in [0.2, 0.25) is 0 Å². The number of unbranched alkanes of at least 4 members (excludes halogenated alkanes) is 1. The van der Waals surface area contributed by atoms with E-state index in [1.54, 1.807) is 24.3 Å². The number of carbonyl (C=O) groups is 1. The first-order valence-electron chi connectivity index (χ1n) is 8.10. The van der Waals surface area contributed by atoms with Crippen molar-refractivity contribution < 1.29 is 9.53 Å². The van der Waals surface area contributed by atoms with Gasteiger partial charge in [0.05, 0.1) is 28.0 Å². The molecule has 0 saturated heterocycles. The standard InChI is InChI=1S/C18H19BrN4O2/c1-3-4-9-25-18(24)12-5-7-13(8-6-12)23-21-14-10-11(2)16(20)15(19)17(14)22-23/h5-8,10H,3-4,9,20H2,1-2H3. The normalized spacial score (nSPS) is 11.0. The average molecular weight is 403 g/mol. The molecule has 130 valence electrons. The van der Waals surface area contributed by atoms with E-state index in [2.05, 4.69) is 33.1 Å². The Hall–Kier alpha value is -2.41. The molecule has 0 aliphatic carbocycles. The number of anilines is 1. The number of halogens is 1. The third-order valence-corrected chi connectivity index (χ3v) is 4.73. The lowest BCUT2D eigenvalue weighted by Crippen LogP contribution is -2.07. The molecule has 3 rings (SSSR count). The molecule has 0 aliphatic heterocycles. The molecule has 1 aromatic heterocycles. The molecule has 0 saturated carbocycles. The van der Waals surface area contributed by atoms with Crippen LogP contribution in [0.4, 0.5) is 5.69 Å². The number of benzene rings is 2. The van der Waals surface area contributed by atoms with E-state index in [9.17, 15) is 4.79 Å². The van der Waals surface area contributed by atoms with Gasteiger partial charge in [0.25, 0.3) is 0 Å². The number of ether oxygens (including phenoxy) is 1. The number of carbonyl (C=O) groups excluding carboxylic acids is 1. The monoisotopic (exact) mass is 402 g/mol. The van der Waals surface area contributed by atoms with Gasteiger partial charge in [0.1, 0.15) is 11.0 Å². The van der Waals surface area contributed by atoms with Crippen molar-refractivity contribution in [3.63, 3.8) is 0 Å². The first-order chi connectivity index (χ1) is 12.0. The lowest BCUT2D eigenvalue weighted by Gasteiger charge is -2.04. The van der Waals surface area contributed by atoms with Crippen molar-refractivity contribution in [3.05, 3.63) is 45.9 Å². The number of nitrogens with two attached hydrogens (primary N) is 1. The summed E-state index contributed by atoms with van der Waals surface area (Å²) >= 11 is 3.48. The minimum atomic E-state index is -0.315. The van der Waals surface area contributed by atoms with Gasteiger partial charge in [-0.1, -0.05) is 13.3 Å². The molecule has 0 amide bonds. The maximum atomic E-state index is 11.9. The molecule has 0 bridgehead atoms. The number of hydrogen-bond donors (Lipinski definition) is 1. The van der Waals surface area contributed by atoms with Crippen molar-refractivity contribution in [2.45, 2.75) is 26.7 Å². The molecule has 0 spiro atoms. The van der Waals surface area contributed by atoms with E-state index >= 15 is 0 Å². The second-order valence-corrected chi connectivity index (χ2v) is 6.61. The Labute approximate surface area is 154 Å². The molecule has 3 aromatic rings. The zero-order chi connectivity index (χ0) is 18.0. The van der Waals surface area contributed by atoms with Gasteiger partial charge >= 0.3 is 5.97 Å². The van der Waals surface area contributed by atoms with Crippen LogP contribution in [0.25, 0.3) is 16.7 Å². The van der Waals surface area contributed by atoms with E-state index in [1.165, 1.54) is 4.80 Å². The van der Waals surface area contributed by atoms with Crippen LogP contribution in [0.1, 0.15) is 35.7 Å². The number of nitrogens with zero attached hydrogens (tertiary/aromatic N) is 3. The molecular weight excluding hydrogens is 384 g/mol.